The average molecular weight is 410 g/mol. The van der Waals surface area contributed by atoms with E-state index < -0.39 is 27.9 Å². The van der Waals surface area contributed by atoms with Crippen LogP contribution in [0.5, 0.6) is 0 Å². The van der Waals surface area contributed by atoms with Gasteiger partial charge in [-0.1, -0.05) is 36.7 Å². The fraction of sp³-hybridized carbons (Fsp3) is 0.222. The summed E-state index contributed by atoms with van der Waals surface area (Å²) in [6, 6.07) is 11.4. The van der Waals surface area contributed by atoms with Crippen molar-refractivity contribution in [3.8, 4) is 0 Å². The molecule has 9 heteroatoms. The fourth-order valence-electron chi connectivity index (χ4n) is 2.70. The second kappa shape index (κ2) is 8.41. The van der Waals surface area contributed by atoms with Gasteiger partial charge in [0.25, 0.3) is 5.91 Å². The van der Waals surface area contributed by atoms with Crippen LogP contribution >= 0.6 is 11.6 Å². The molecule has 0 aliphatic heterocycles. The smallest absolute Gasteiger partial charge is 0.250 e. The minimum atomic E-state index is -3.79. The number of benzene rings is 2. The van der Waals surface area contributed by atoms with Crippen LogP contribution in [0.1, 0.15) is 23.7 Å². The maximum absolute atomic E-state index is 12.9. The number of carbonyl (C=O) groups excluding carboxylic acids is 2. The van der Waals surface area contributed by atoms with Crippen molar-refractivity contribution in [2.24, 2.45) is 5.73 Å². The quantitative estimate of drug-likeness (QED) is 0.732. The van der Waals surface area contributed by atoms with E-state index in [4.69, 9.17) is 17.3 Å². The molecule has 0 saturated carbocycles. The molecule has 0 spiro atoms. The molecule has 144 valence electrons. The first-order valence-electron chi connectivity index (χ1n) is 8.09. The molecule has 2 aromatic carbocycles. The van der Waals surface area contributed by atoms with Gasteiger partial charge in [0.15, 0.2) is 0 Å². The number of hydrogen-bond acceptors (Lipinski definition) is 4. The predicted octanol–water partition coefficient (Wildman–Crippen LogP) is 2.62. The van der Waals surface area contributed by atoms with Crippen molar-refractivity contribution < 1.29 is 18.0 Å². The predicted molar refractivity (Wildman–Crippen MR) is 106 cm³/mol. The normalized spacial score (nSPS) is 12.3. The monoisotopic (exact) mass is 409 g/mol. The number of anilines is 2. The maximum Gasteiger partial charge on any atom is 0.250 e. The summed E-state index contributed by atoms with van der Waals surface area (Å²) in [5.74, 6) is -1.29. The van der Waals surface area contributed by atoms with E-state index in [1.807, 2.05) is 0 Å². The molecule has 0 saturated heterocycles. The molecule has 27 heavy (non-hydrogen) atoms. The zero-order valence-corrected chi connectivity index (χ0v) is 16.4. The lowest BCUT2D eigenvalue weighted by Crippen LogP contribution is -2.47. The van der Waals surface area contributed by atoms with E-state index in [1.165, 1.54) is 18.2 Å². The fourth-order valence-corrected chi connectivity index (χ4v) is 4.08. The highest BCUT2D eigenvalue weighted by molar-refractivity contribution is 7.92. The molecule has 1 atom stereocenters. The SMILES string of the molecule is CC[C@H](C(=O)Nc1ccccc1C(N)=O)N(c1cccc(Cl)c1)S(C)(=O)=O. The second-order valence-electron chi connectivity index (χ2n) is 5.86. The van der Waals surface area contributed by atoms with E-state index in [-0.39, 0.29) is 23.4 Å². The van der Waals surface area contributed by atoms with Crippen LogP contribution in [0.3, 0.4) is 0 Å². The van der Waals surface area contributed by atoms with Crippen molar-refractivity contribution in [3.63, 3.8) is 0 Å². The number of carbonyl (C=O) groups is 2. The molecule has 2 amide bonds. The van der Waals surface area contributed by atoms with Crippen LogP contribution in [-0.4, -0.2) is 32.5 Å². The van der Waals surface area contributed by atoms with Crippen molar-refractivity contribution >= 4 is 44.8 Å². The van der Waals surface area contributed by atoms with Gasteiger partial charge in [0.05, 0.1) is 23.2 Å². The number of rotatable bonds is 7. The Morgan fingerprint density at radius 3 is 2.41 bits per heavy atom. The van der Waals surface area contributed by atoms with Gasteiger partial charge < -0.3 is 11.1 Å². The first kappa shape index (κ1) is 20.7. The minimum Gasteiger partial charge on any atom is -0.366 e. The first-order chi connectivity index (χ1) is 12.6. The van der Waals surface area contributed by atoms with Crippen LogP contribution in [0.25, 0.3) is 0 Å². The molecule has 0 radical (unpaired) electrons. The Bertz CT molecular complexity index is 963. The van der Waals surface area contributed by atoms with Gasteiger partial charge in [-0.15, -0.1) is 0 Å². The molecule has 0 aliphatic carbocycles. The summed E-state index contributed by atoms with van der Waals surface area (Å²) in [7, 11) is -3.79. The summed E-state index contributed by atoms with van der Waals surface area (Å²) >= 11 is 5.98. The zero-order valence-electron chi connectivity index (χ0n) is 14.8. The van der Waals surface area contributed by atoms with Crippen LogP contribution in [-0.2, 0) is 14.8 Å². The molecule has 0 aromatic heterocycles. The summed E-state index contributed by atoms with van der Waals surface area (Å²) in [5.41, 5.74) is 5.95. The summed E-state index contributed by atoms with van der Waals surface area (Å²) in [4.78, 5) is 24.4. The molecule has 0 heterocycles. The van der Waals surface area contributed by atoms with E-state index in [9.17, 15) is 18.0 Å². The van der Waals surface area contributed by atoms with E-state index in [0.717, 1.165) is 10.6 Å². The molecule has 3 N–H and O–H groups in total. The van der Waals surface area contributed by atoms with Crippen molar-refractivity contribution in [2.45, 2.75) is 19.4 Å². The first-order valence-corrected chi connectivity index (χ1v) is 10.3. The number of hydrogen-bond donors (Lipinski definition) is 2. The molecule has 7 nitrogen and oxygen atoms in total. The number of primary amides is 1. The van der Waals surface area contributed by atoms with Crippen LogP contribution in [0.15, 0.2) is 48.5 Å². The minimum absolute atomic E-state index is 0.134. The van der Waals surface area contributed by atoms with Gasteiger partial charge in [-0.2, -0.15) is 0 Å². The third kappa shape index (κ3) is 4.99. The highest BCUT2D eigenvalue weighted by atomic mass is 35.5. The summed E-state index contributed by atoms with van der Waals surface area (Å²) in [5, 5.41) is 2.94. The summed E-state index contributed by atoms with van der Waals surface area (Å²) in [6.07, 6.45) is 1.21. The van der Waals surface area contributed by atoms with Gasteiger partial charge in [-0.25, -0.2) is 8.42 Å². The Hall–Kier alpha value is -2.58. The van der Waals surface area contributed by atoms with Gasteiger partial charge in [0.1, 0.15) is 6.04 Å². The van der Waals surface area contributed by atoms with Gasteiger partial charge in [-0.3, -0.25) is 13.9 Å². The van der Waals surface area contributed by atoms with Crippen LogP contribution in [0.2, 0.25) is 5.02 Å². The molecule has 0 unspecified atom stereocenters. The number of halogens is 1. The Labute approximate surface area is 163 Å². The number of nitrogens with one attached hydrogen (secondary N) is 1. The zero-order chi connectivity index (χ0) is 20.2. The van der Waals surface area contributed by atoms with E-state index in [0.29, 0.717) is 5.02 Å². The number of nitrogens with zero attached hydrogens (tertiary/aromatic N) is 1. The number of nitrogens with two attached hydrogens (primary N) is 1. The van der Waals surface area contributed by atoms with Crippen LogP contribution < -0.4 is 15.4 Å². The molecule has 0 bridgehead atoms. The lowest BCUT2D eigenvalue weighted by Gasteiger charge is -2.30. The largest absolute Gasteiger partial charge is 0.366 e. The molecule has 2 rings (SSSR count). The van der Waals surface area contributed by atoms with E-state index in [1.54, 1.807) is 37.3 Å². The van der Waals surface area contributed by atoms with E-state index in [2.05, 4.69) is 5.32 Å². The van der Waals surface area contributed by atoms with Crippen molar-refractivity contribution in [2.75, 3.05) is 15.9 Å². The molecule has 0 aliphatic rings. The number of para-hydroxylation sites is 1. The molecular weight excluding hydrogens is 390 g/mol. The van der Waals surface area contributed by atoms with Gasteiger partial charge >= 0.3 is 0 Å². The Balaban J connectivity index is 2.43. The lowest BCUT2D eigenvalue weighted by atomic mass is 10.1. The van der Waals surface area contributed by atoms with Crippen LogP contribution in [0.4, 0.5) is 11.4 Å². The van der Waals surface area contributed by atoms with E-state index >= 15 is 0 Å². The molecule has 2 aromatic rings. The molecule has 0 fully saturated rings. The summed E-state index contributed by atoms with van der Waals surface area (Å²) in [6.45, 7) is 1.69. The average Bonchev–Trinajstić information content (AvgIpc) is 2.58. The Morgan fingerprint density at radius 2 is 1.85 bits per heavy atom. The summed E-state index contributed by atoms with van der Waals surface area (Å²) < 4.78 is 25.8. The third-order valence-electron chi connectivity index (χ3n) is 3.84. The van der Waals surface area contributed by atoms with Gasteiger partial charge in [0, 0.05) is 5.02 Å². The third-order valence-corrected chi connectivity index (χ3v) is 5.26. The van der Waals surface area contributed by atoms with Crippen molar-refractivity contribution in [3.05, 3.63) is 59.1 Å². The van der Waals surface area contributed by atoms with Crippen molar-refractivity contribution in [1.29, 1.82) is 0 Å². The maximum atomic E-state index is 12.9. The number of amides is 2. The van der Waals surface area contributed by atoms with Crippen LogP contribution in [0, 0.1) is 0 Å². The highest BCUT2D eigenvalue weighted by Crippen LogP contribution is 2.26. The topological polar surface area (TPSA) is 110 Å². The standard InChI is InChI=1S/C18H20ClN3O4S/c1-3-16(18(24)21-15-10-5-4-9-14(15)17(20)23)22(27(2,25)26)13-8-6-7-12(19)11-13/h4-11,16H,3H2,1-2H3,(H2,20,23)(H,21,24)/t16-/m1/s1. The van der Waals surface area contributed by atoms with Gasteiger partial charge in [-0.05, 0) is 36.8 Å². The Morgan fingerprint density at radius 1 is 1.19 bits per heavy atom. The lowest BCUT2D eigenvalue weighted by molar-refractivity contribution is -0.117. The second-order valence-corrected chi connectivity index (χ2v) is 8.16. The van der Waals surface area contributed by atoms with Gasteiger partial charge in [0.2, 0.25) is 15.9 Å². The highest BCUT2D eigenvalue weighted by Gasteiger charge is 2.32. The number of sulfonamides is 1. The Kier molecular flexibility index (Phi) is 6.45. The van der Waals surface area contributed by atoms with Crippen molar-refractivity contribution in [1.82, 2.24) is 0 Å². The molecular formula is C18H20ClN3O4S.